The van der Waals surface area contributed by atoms with E-state index in [9.17, 15) is 0 Å². The first kappa shape index (κ1) is 15.6. The summed E-state index contributed by atoms with van der Waals surface area (Å²) in [6, 6.07) is 16.6. The van der Waals surface area contributed by atoms with Gasteiger partial charge in [-0.05, 0) is 42.5 Å². The average molecular weight is 283 g/mol. The third-order valence-corrected chi connectivity index (χ3v) is 3.90. The Labute approximate surface area is 127 Å². The fraction of sp³-hybridized carbons (Fsp3) is 0.368. The van der Waals surface area contributed by atoms with E-state index in [1.807, 2.05) is 12.1 Å². The first-order valence-corrected chi connectivity index (χ1v) is 7.46. The molecule has 0 heterocycles. The Balaban J connectivity index is 2.46. The monoisotopic (exact) mass is 283 g/mol. The molecule has 0 aliphatic heterocycles. The molecule has 2 aromatic carbocycles. The van der Waals surface area contributed by atoms with Crippen LogP contribution in [0.5, 0.6) is 5.75 Å². The van der Waals surface area contributed by atoms with Crippen molar-refractivity contribution in [3.05, 3.63) is 65.2 Å². The smallest absolute Gasteiger partial charge is 0.118 e. The molecule has 2 N–H and O–H groups in total. The average Bonchev–Trinajstić information content (AvgIpc) is 2.47. The van der Waals surface area contributed by atoms with Crippen LogP contribution in [-0.2, 0) is 5.54 Å². The second-order valence-electron chi connectivity index (χ2n) is 6.16. The topological polar surface area (TPSA) is 35.2 Å². The molecule has 0 aromatic heterocycles. The normalized spacial score (nSPS) is 14.0. The Bertz CT molecular complexity index is 572. The van der Waals surface area contributed by atoms with Gasteiger partial charge in [0.2, 0.25) is 0 Å². The molecule has 2 nitrogen and oxygen atoms in total. The van der Waals surface area contributed by atoms with Crippen LogP contribution in [-0.4, -0.2) is 7.11 Å². The summed E-state index contributed by atoms with van der Waals surface area (Å²) in [7, 11) is 1.68. The number of hydrogen-bond donors (Lipinski definition) is 1. The van der Waals surface area contributed by atoms with Gasteiger partial charge in [-0.2, -0.15) is 0 Å². The molecule has 1 unspecified atom stereocenters. The lowest BCUT2D eigenvalue weighted by molar-refractivity contribution is 0.403. The number of ether oxygens (including phenoxy) is 1. The molecule has 2 aromatic rings. The van der Waals surface area contributed by atoms with Gasteiger partial charge in [0.1, 0.15) is 5.75 Å². The fourth-order valence-corrected chi connectivity index (χ4v) is 2.79. The molecule has 112 valence electrons. The zero-order chi connectivity index (χ0) is 15.5. The number of hydrogen-bond acceptors (Lipinski definition) is 2. The van der Waals surface area contributed by atoms with Crippen LogP contribution in [0.15, 0.2) is 48.5 Å². The molecule has 0 radical (unpaired) electrons. The maximum Gasteiger partial charge on any atom is 0.118 e. The molecule has 1 atom stereocenters. The minimum absolute atomic E-state index is 0.464. The maximum absolute atomic E-state index is 6.84. The lowest BCUT2D eigenvalue weighted by atomic mass is 9.77. The molecule has 0 amide bonds. The predicted octanol–water partition coefficient (Wildman–Crippen LogP) is 4.25. The van der Waals surface area contributed by atoms with E-state index in [-0.39, 0.29) is 0 Å². The number of aryl methyl sites for hydroxylation is 1. The molecule has 0 saturated carbocycles. The molecular weight excluding hydrogens is 258 g/mol. The summed E-state index contributed by atoms with van der Waals surface area (Å²) in [5.74, 6) is 1.37. The third kappa shape index (κ3) is 3.45. The summed E-state index contributed by atoms with van der Waals surface area (Å²) in [5, 5.41) is 0. The number of methoxy groups -OCH3 is 1. The van der Waals surface area contributed by atoms with Gasteiger partial charge in [-0.15, -0.1) is 0 Å². The van der Waals surface area contributed by atoms with Gasteiger partial charge in [0.05, 0.1) is 12.6 Å². The lowest BCUT2D eigenvalue weighted by Crippen LogP contribution is -2.39. The van der Waals surface area contributed by atoms with E-state index in [0.29, 0.717) is 5.92 Å². The Hall–Kier alpha value is -1.80. The molecule has 21 heavy (non-hydrogen) atoms. The summed E-state index contributed by atoms with van der Waals surface area (Å²) in [6.07, 6.45) is 0.905. The van der Waals surface area contributed by atoms with Gasteiger partial charge in [0.15, 0.2) is 0 Å². The molecule has 2 rings (SSSR count). The summed E-state index contributed by atoms with van der Waals surface area (Å²) >= 11 is 0. The van der Waals surface area contributed by atoms with E-state index in [2.05, 4.69) is 57.2 Å². The van der Waals surface area contributed by atoms with Crippen molar-refractivity contribution in [2.45, 2.75) is 32.7 Å². The van der Waals surface area contributed by atoms with Gasteiger partial charge >= 0.3 is 0 Å². The fourth-order valence-electron chi connectivity index (χ4n) is 2.79. The Morgan fingerprint density at radius 1 is 0.952 bits per heavy atom. The van der Waals surface area contributed by atoms with Crippen LogP contribution in [0, 0.1) is 12.8 Å². The van der Waals surface area contributed by atoms with Crippen molar-refractivity contribution in [1.82, 2.24) is 0 Å². The molecule has 0 bridgehead atoms. The number of nitrogens with two attached hydrogens (primary N) is 1. The number of rotatable bonds is 5. The van der Waals surface area contributed by atoms with Gasteiger partial charge in [0, 0.05) is 0 Å². The highest BCUT2D eigenvalue weighted by Gasteiger charge is 2.30. The summed E-state index contributed by atoms with van der Waals surface area (Å²) in [6.45, 7) is 6.51. The highest BCUT2D eigenvalue weighted by Crippen LogP contribution is 2.34. The Morgan fingerprint density at radius 3 is 1.86 bits per heavy atom. The van der Waals surface area contributed by atoms with Crippen molar-refractivity contribution in [2.24, 2.45) is 11.7 Å². The third-order valence-electron chi connectivity index (χ3n) is 3.90. The van der Waals surface area contributed by atoms with Gasteiger partial charge in [0.25, 0.3) is 0 Å². The van der Waals surface area contributed by atoms with Crippen molar-refractivity contribution in [3.8, 4) is 5.75 Å². The molecule has 0 spiro atoms. The van der Waals surface area contributed by atoms with Crippen molar-refractivity contribution >= 4 is 0 Å². The molecule has 2 heteroatoms. The van der Waals surface area contributed by atoms with Gasteiger partial charge < -0.3 is 10.5 Å². The van der Waals surface area contributed by atoms with Gasteiger partial charge in [-0.25, -0.2) is 0 Å². The maximum atomic E-state index is 6.84. The Kier molecular flexibility index (Phi) is 4.69. The second kappa shape index (κ2) is 6.31. The van der Waals surface area contributed by atoms with Crippen LogP contribution in [0.4, 0.5) is 0 Å². The SMILES string of the molecule is COc1ccc(C(N)(CC(C)C)c2ccc(C)cc2)cc1. The molecule has 0 aliphatic rings. The van der Waals surface area contributed by atoms with E-state index in [1.165, 1.54) is 5.56 Å². The van der Waals surface area contributed by atoms with Gasteiger partial charge in [-0.1, -0.05) is 55.8 Å². The van der Waals surface area contributed by atoms with Crippen molar-refractivity contribution in [3.63, 3.8) is 0 Å². The molecular formula is C19H25NO. The van der Waals surface area contributed by atoms with Crippen molar-refractivity contribution in [1.29, 1.82) is 0 Å². The first-order valence-electron chi connectivity index (χ1n) is 7.46. The van der Waals surface area contributed by atoms with Crippen LogP contribution in [0.2, 0.25) is 0 Å². The summed E-state index contributed by atoms with van der Waals surface area (Å²) in [5.41, 5.74) is 9.91. The first-order chi connectivity index (χ1) is 9.95. The van der Waals surface area contributed by atoms with Crippen LogP contribution in [0.3, 0.4) is 0 Å². The second-order valence-corrected chi connectivity index (χ2v) is 6.16. The van der Waals surface area contributed by atoms with Crippen molar-refractivity contribution < 1.29 is 4.74 Å². The zero-order valence-corrected chi connectivity index (χ0v) is 13.4. The van der Waals surface area contributed by atoms with Crippen LogP contribution >= 0.6 is 0 Å². The summed E-state index contributed by atoms with van der Waals surface area (Å²) in [4.78, 5) is 0. The molecule has 0 fully saturated rings. The highest BCUT2D eigenvalue weighted by molar-refractivity contribution is 5.41. The van der Waals surface area contributed by atoms with Gasteiger partial charge in [-0.3, -0.25) is 0 Å². The van der Waals surface area contributed by atoms with Crippen LogP contribution in [0.25, 0.3) is 0 Å². The highest BCUT2D eigenvalue weighted by atomic mass is 16.5. The lowest BCUT2D eigenvalue weighted by Gasteiger charge is -2.33. The quantitative estimate of drug-likeness (QED) is 0.890. The largest absolute Gasteiger partial charge is 0.497 e. The van der Waals surface area contributed by atoms with E-state index in [4.69, 9.17) is 10.5 Å². The van der Waals surface area contributed by atoms with E-state index >= 15 is 0 Å². The molecule has 0 aliphatic carbocycles. The predicted molar refractivity (Wildman–Crippen MR) is 88.6 cm³/mol. The van der Waals surface area contributed by atoms with Crippen molar-refractivity contribution in [2.75, 3.05) is 7.11 Å². The standard InChI is InChI=1S/C19H25NO/c1-14(2)13-19(20,16-7-5-15(3)6-8-16)17-9-11-18(21-4)12-10-17/h5-12,14H,13,20H2,1-4H3. The number of benzene rings is 2. The van der Waals surface area contributed by atoms with Crippen LogP contribution in [0.1, 0.15) is 37.0 Å². The van der Waals surface area contributed by atoms with E-state index < -0.39 is 5.54 Å². The molecule has 0 saturated heterocycles. The minimum Gasteiger partial charge on any atom is -0.497 e. The minimum atomic E-state index is -0.464. The van der Waals surface area contributed by atoms with E-state index in [0.717, 1.165) is 23.3 Å². The zero-order valence-electron chi connectivity index (χ0n) is 13.4. The van der Waals surface area contributed by atoms with Crippen LogP contribution < -0.4 is 10.5 Å². The van der Waals surface area contributed by atoms with E-state index in [1.54, 1.807) is 7.11 Å². The summed E-state index contributed by atoms with van der Waals surface area (Å²) < 4.78 is 5.24. The Morgan fingerprint density at radius 2 is 1.43 bits per heavy atom.